The Morgan fingerprint density at radius 1 is 1.13 bits per heavy atom. The molecular weight excluding hydrogens is 407 g/mol. The maximum Gasteiger partial charge on any atom is 0.250 e. The van der Waals surface area contributed by atoms with Crippen LogP contribution in [0.25, 0.3) is 16.2 Å². The molecule has 4 rings (SSSR count). The van der Waals surface area contributed by atoms with Gasteiger partial charge in [0.2, 0.25) is 16.8 Å². The summed E-state index contributed by atoms with van der Waals surface area (Å²) in [6, 6.07) is 13.4. The van der Waals surface area contributed by atoms with Crippen molar-refractivity contribution in [2.75, 3.05) is 19.0 Å². The molecule has 0 fully saturated rings. The van der Waals surface area contributed by atoms with Crippen LogP contribution in [-0.4, -0.2) is 34.2 Å². The topological polar surface area (TPSA) is 77.8 Å². The molecule has 0 saturated heterocycles. The zero-order chi connectivity index (χ0) is 20.9. The van der Waals surface area contributed by atoms with Crippen LogP contribution >= 0.6 is 11.3 Å². The molecule has 2 aromatic heterocycles. The second-order valence-corrected chi connectivity index (χ2v) is 7.27. The molecule has 0 radical (unpaired) electrons. The highest BCUT2D eigenvalue weighted by Crippen LogP contribution is 2.26. The van der Waals surface area contributed by atoms with E-state index < -0.39 is 0 Å². The Balaban J connectivity index is 1.30. The van der Waals surface area contributed by atoms with E-state index in [2.05, 4.69) is 15.4 Å². The quantitative estimate of drug-likeness (QED) is 0.423. The number of carbonyl (C=O) groups is 1. The Morgan fingerprint density at radius 3 is 2.60 bits per heavy atom. The first-order valence-electron chi connectivity index (χ1n) is 9.29. The third-order valence-corrected chi connectivity index (χ3v) is 5.17. The second kappa shape index (κ2) is 8.91. The maximum atomic E-state index is 13.2. The van der Waals surface area contributed by atoms with Crippen LogP contribution in [0.5, 0.6) is 11.5 Å². The van der Waals surface area contributed by atoms with E-state index in [-0.39, 0.29) is 24.1 Å². The van der Waals surface area contributed by atoms with Crippen molar-refractivity contribution >= 4 is 28.2 Å². The van der Waals surface area contributed by atoms with Gasteiger partial charge in [-0.3, -0.25) is 10.1 Å². The summed E-state index contributed by atoms with van der Waals surface area (Å²) < 4.78 is 25.5. The lowest BCUT2D eigenvalue weighted by molar-refractivity contribution is -0.116. The van der Waals surface area contributed by atoms with Gasteiger partial charge in [-0.1, -0.05) is 0 Å². The first-order chi connectivity index (χ1) is 14.6. The lowest BCUT2D eigenvalue weighted by Crippen LogP contribution is -2.14. The highest BCUT2D eigenvalue weighted by atomic mass is 32.1. The van der Waals surface area contributed by atoms with Crippen molar-refractivity contribution in [3.05, 3.63) is 59.7 Å². The number of nitrogens with one attached hydrogen (secondary N) is 1. The Labute approximate surface area is 176 Å². The fourth-order valence-electron chi connectivity index (χ4n) is 2.84. The molecule has 1 amide bonds. The number of aromatic nitrogens is 3. The van der Waals surface area contributed by atoms with Crippen molar-refractivity contribution in [1.82, 2.24) is 14.6 Å². The molecule has 154 valence electrons. The summed E-state index contributed by atoms with van der Waals surface area (Å²) in [7, 11) is 1.61. The fraction of sp³-hybridized carbons (Fsp3) is 0.190. The van der Waals surface area contributed by atoms with Crippen molar-refractivity contribution in [1.29, 1.82) is 0 Å². The highest BCUT2D eigenvalue weighted by molar-refractivity contribution is 7.15. The number of hydrogen-bond donors (Lipinski definition) is 1. The number of carbonyl (C=O) groups excluding carboxylic acids is 1. The molecule has 0 saturated carbocycles. The summed E-state index contributed by atoms with van der Waals surface area (Å²) in [4.78, 5) is 17.2. The lowest BCUT2D eigenvalue weighted by Gasteiger charge is -2.06. The van der Waals surface area contributed by atoms with E-state index >= 15 is 0 Å². The van der Waals surface area contributed by atoms with E-state index in [1.165, 1.54) is 23.5 Å². The molecule has 2 aromatic carbocycles. The zero-order valence-corrected chi connectivity index (χ0v) is 17.0. The number of hydrogen-bond acceptors (Lipinski definition) is 6. The fourth-order valence-corrected chi connectivity index (χ4v) is 3.67. The average molecular weight is 426 g/mol. The number of thiazole rings is 1. The smallest absolute Gasteiger partial charge is 0.250 e. The summed E-state index contributed by atoms with van der Waals surface area (Å²) in [5, 5.41) is 8.96. The van der Waals surface area contributed by atoms with Gasteiger partial charge in [0.25, 0.3) is 0 Å². The van der Waals surface area contributed by atoms with E-state index in [4.69, 9.17) is 9.47 Å². The van der Waals surface area contributed by atoms with E-state index in [1.807, 2.05) is 29.6 Å². The van der Waals surface area contributed by atoms with Crippen molar-refractivity contribution < 1.29 is 18.7 Å². The van der Waals surface area contributed by atoms with Crippen LogP contribution in [0.2, 0.25) is 0 Å². The van der Waals surface area contributed by atoms with Crippen LogP contribution in [0.15, 0.2) is 53.9 Å². The molecule has 0 aliphatic carbocycles. The lowest BCUT2D eigenvalue weighted by atomic mass is 10.2. The van der Waals surface area contributed by atoms with Crippen LogP contribution in [0, 0.1) is 5.82 Å². The van der Waals surface area contributed by atoms with Crippen molar-refractivity contribution in [3.63, 3.8) is 0 Å². The molecule has 2 heterocycles. The van der Waals surface area contributed by atoms with E-state index in [1.54, 1.807) is 23.8 Å². The molecule has 4 aromatic rings. The predicted molar refractivity (Wildman–Crippen MR) is 113 cm³/mol. The summed E-state index contributed by atoms with van der Waals surface area (Å²) in [6.45, 7) is 0.417. The number of amides is 1. The minimum Gasteiger partial charge on any atom is -0.497 e. The monoisotopic (exact) mass is 426 g/mol. The van der Waals surface area contributed by atoms with Crippen molar-refractivity contribution in [3.8, 4) is 22.8 Å². The number of halogens is 1. The SMILES string of the molecule is COc1ccc(OCCCC(=O)Nc2nc3scc(-c4ccc(F)cc4)n3n2)cc1. The second-order valence-electron chi connectivity index (χ2n) is 6.43. The first kappa shape index (κ1) is 19.8. The van der Waals surface area contributed by atoms with Gasteiger partial charge in [-0.15, -0.1) is 16.4 Å². The first-order valence-corrected chi connectivity index (χ1v) is 10.2. The number of methoxy groups -OCH3 is 1. The predicted octanol–water partition coefficient (Wildman–Crippen LogP) is 4.40. The number of ether oxygens (including phenoxy) is 2. The van der Waals surface area contributed by atoms with Gasteiger partial charge in [-0.25, -0.2) is 8.91 Å². The van der Waals surface area contributed by atoms with E-state index in [0.29, 0.717) is 18.0 Å². The van der Waals surface area contributed by atoms with Gasteiger partial charge >= 0.3 is 0 Å². The number of benzene rings is 2. The van der Waals surface area contributed by atoms with Gasteiger partial charge in [0.1, 0.15) is 17.3 Å². The minimum atomic E-state index is -0.298. The number of nitrogens with zero attached hydrogens (tertiary/aromatic N) is 3. The molecule has 1 N–H and O–H groups in total. The molecule has 9 heteroatoms. The Kier molecular flexibility index (Phi) is 5.89. The van der Waals surface area contributed by atoms with Gasteiger partial charge in [0.15, 0.2) is 0 Å². The normalized spacial score (nSPS) is 10.9. The standard InChI is InChI=1S/C21H19FN4O3S/c1-28-16-8-10-17(11-9-16)29-12-2-3-19(27)23-20-24-21-26(25-20)18(13-30-21)14-4-6-15(22)7-5-14/h4-11,13H,2-3,12H2,1H3,(H,23,25,27). The van der Waals surface area contributed by atoms with Crippen LogP contribution in [0.3, 0.4) is 0 Å². The average Bonchev–Trinajstić information content (AvgIpc) is 3.32. The third-order valence-electron chi connectivity index (χ3n) is 4.35. The van der Waals surface area contributed by atoms with Crippen LogP contribution in [-0.2, 0) is 4.79 Å². The van der Waals surface area contributed by atoms with Gasteiger partial charge in [-0.2, -0.15) is 4.98 Å². The molecule has 30 heavy (non-hydrogen) atoms. The molecule has 0 unspecified atom stereocenters. The Morgan fingerprint density at radius 2 is 1.87 bits per heavy atom. The molecule has 0 atom stereocenters. The maximum absolute atomic E-state index is 13.2. The van der Waals surface area contributed by atoms with Gasteiger partial charge in [0.05, 0.1) is 19.4 Å². The molecular formula is C21H19FN4O3S. The molecule has 0 aliphatic rings. The Hall–Kier alpha value is -3.46. The summed E-state index contributed by atoms with van der Waals surface area (Å²) in [5.41, 5.74) is 1.61. The molecule has 7 nitrogen and oxygen atoms in total. The van der Waals surface area contributed by atoms with Gasteiger partial charge < -0.3 is 9.47 Å². The largest absolute Gasteiger partial charge is 0.497 e. The number of rotatable bonds is 8. The zero-order valence-electron chi connectivity index (χ0n) is 16.2. The highest BCUT2D eigenvalue weighted by Gasteiger charge is 2.13. The van der Waals surface area contributed by atoms with Crippen molar-refractivity contribution in [2.45, 2.75) is 12.8 Å². The molecule has 0 bridgehead atoms. The van der Waals surface area contributed by atoms with Crippen LogP contribution in [0.4, 0.5) is 10.3 Å². The summed E-state index contributed by atoms with van der Waals surface area (Å²) in [6.07, 6.45) is 0.842. The molecule has 0 spiro atoms. The van der Waals surface area contributed by atoms with Crippen molar-refractivity contribution in [2.24, 2.45) is 0 Å². The number of fused-ring (bicyclic) bond motifs is 1. The Bertz CT molecular complexity index is 1140. The summed E-state index contributed by atoms with van der Waals surface area (Å²) >= 11 is 1.40. The number of anilines is 1. The minimum absolute atomic E-state index is 0.185. The molecule has 0 aliphatic heterocycles. The van der Waals surface area contributed by atoms with Gasteiger partial charge in [-0.05, 0) is 55.0 Å². The van der Waals surface area contributed by atoms with E-state index in [0.717, 1.165) is 22.8 Å². The van der Waals surface area contributed by atoms with Crippen LogP contribution in [0.1, 0.15) is 12.8 Å². The van der Waals surface area contributed by atoms with E-state index in [9.17, 15) is 9.18 Å². The third kappa shape index (κ3) is 4.57. The summed E-state index contributed by atoms with van der Waals surface area (Å²) in [5.74, 6) is 1.24. The van der Waals surface area contributed by atoms with Gasteiger partial charge in [0, 0.05) is 17.4 Å². The van der Waals surface area contributed by atoms with Crippen LogP contribution < -0.4 is 14.8 Å².